The highest BCUT2D eigenvalue weighted by Gasteiger charge is 2.25. The van der Waals surface area contributed by atoms with Gasteiger partial charge in [0.2, 0.25) is 0 Å². The summed E-state index contributed by atoms with van der Waals surface area (Å²) in [6.45, 7) is 21.0. The third-order valence-corrected chi connectivity index (χ3v) is 9.99. The summed E-state index contributed by atoms with van der Waals surface area (Å²) in [6.07, 6.45) is 30.6. The fourth-order valence-electron chi connectivity index (χ4n) is 6.60. The lowest BCUT2D eigenvalue weighted by Crippen LogP contribution is -2.25. The molecule has 0 heterocycles. The van der Waals surface area contributed by atoms with E-state index < -0.39 is 0 Å². The van der Waals surface area contributed by atoms with Gasteiger partial charge in [-0.2, -0.15) is 0 Å². The molecule has 2 unspecified atom stereocenters. The number of hydrogen-bond donors (Lipinski definition) is 0. The zero-order chi connectivity index (χ0) is 40.5. The van der Waals surface area contributed by atoms with Crippen molar-refractivity contribution in [3.05, 3.63) is 23.0 Å². The summed E-state index contributed by atoms with van der Waals surface area (Å²) < 4.78 is 45.6. The van der Waals surface area contributed by atoms with Crippen molar-refractivity contribution in [1.29, 1.82) is 0 Å². The second-order valence-corrected chi connectivity index (χ2v) is 15.5. The third kappa shape index (κ3) is 30.3. The lowest BCUT2D eigenvalue weighted by molar-refractivity contribution is -0.167. The van der Waals surface area contributed by atoms with E-state index in [2.05, 4.69) is 55.4 Å². The molecule has 0 rings (SSSR count). The highest BCUT2D eigenvalue weighted by Crippen LogP contribution is 2.27. The van der Waals surface area contributed by atoms with E-state index in [0.717, 1.165) is 139 Å². The van der Waals surface area contributed by atoms with Gasteiger partial charge in [0.05, 0.1) is 26.4 Å². The standard InChI is InChI=1S/C48H94O7/c1-9-17-23-25-27-35-45(47(52-39-31-21-13-5)43(33-15-7)50-37-29-19-11-3)54-41-49-42-55-46(36-28-26-24-18-10-2)48(53-40-32-22-14-6)44(34-16-8)51-38-30-20-12-4/h45-46H,9-42H2,1-8H3. The maximum absolute atomic E-state index is 6.61. The van der Waals surface area contributed by atoms with Gasteiger partial charge in [0.15, 0.2) is 25.1 Å². The maximum Gasteiger partial charge on any atom is 0.162 e. The largest absolute Gasteiger partial charge is 0.494 e. The molecule has 7 heteroatoms. The SMILES string of the molecule is CCCCCCCC(OCOCOC(CCCCCCC)C(OCCCCC)=C(CCC)OCCCCC)C(OCCCCC)=C(CCC)OCCCCC. The van der Waals surface area contributed by atoms with Crippen LogP contribution in [0.1, 0.15) is 235 Å². The van der Waals surface area contributed by atoms with Crippen LogP contribution < -0.4 is 0 Å². The summed E-state index contributed by atoms with van der Waals surface area (Å²) in [6, 6.07) is 0. The third-order valence-electron chi connectivity index (χ3n) is 9.99. The van der Waals surface area contributed by atoms with E-state index in [1.54, 1.807) is 0 Å². The average molecular weight is 783 g/mol. The molecule has 0 aliphatic heterocycles. The van der Waals surface area contributed by atoms with Crippen LogP contribution >= 0.6 is 0 Å². The van der Waals surface area contributed by atoms with E-state index >= 15 is 0 Å². The molecule has 0 radical (unpaired) electrons. The van der Waals surface area contributed by atoms with Crippen molar-refractivity contribution < 1.29 is 33.2 Å². The molecule has 55 heavy (non-hydrogen) atoms. The molecule has 0 aromatic carbocycles. The van der Waals surface area contributed by atoms with Gasteiger partial charge < -0.3 is 33.2 Å². The number of unbranched alkanes of at least 4 members (excludes halogenated alkanes) is 16. The van der Waals surface area contributed by atoms with Crippen LogP contribution in [0, 0.1) is 0 Å². The number of hydrogen-bond acceptors (Lipinski definition) is 7. The molecule has 0 spiro atoms. The molecule has 0 aliphatic carbocycles. The number of rotatable bonds is 44. The summed E-state index contributed by atoms with van der Waals surface area (Å²) in [5, 5.41) is 0. The van der Waals surface area contributed by atoms with E-state index in [4.69, 9.17) is 33.2 Å². The molecule has 0 amide bonds. The number of ether oxygens (including phenoxy) is 7. The Hall–Kier alpha value is -1.44. The fraction of sp³-hybridized carbons (Fsp3) is 0.917. The molecule has 0 N–H and O–H groups in total. The molecule has 0 bridgehead atoms. The van der Waals surface area contributed by atoms with Crippen molar-refractivity contribution in [3.8, 4) is 0 Å². The summed E-state index contributed by atoms with van der Waals surface area (Å²) in [4.78, 5) is 0. The lowest BCUT2D eigenvalue weighted by atomic mass is 10.0. The van der Waals surface area contributed by atoms with Crippen LogP contribution in [0.5, 0.6) is 0 Å². The van der Waals surface area contributed by atoms with Gasteiger partial charge in [-0.1, -0.05) is 171 Å². The molecule has 0 fully saturated rings. The maximum atomic E-state index is 6.61. The zero-order valence-electron chi connectivity index (χ0n) is 38.1. The predicted octanol–water partition coefficient (Wildman–Crippen LogP) is 15.3. The first-order valence-electron chi connectivity index (χ1n) is 23.9. The number of allylic oxidation sites excluding steroid dienone is 2. The van der Waals surface area contributed by atoms with Crippen molar-refractivity contribution in [2.24, 2.45) is 0 Å². The van der Waals surface area contributed by atoms with Gasteiger partial charge in [-0.15, -0.1) is 0 Å². The van der Waals surface area contributed by atoms with Gasteiger partial charge >= 0.3 is 0 Å². The van der Waals surface area contributed by atoms with Crippen molar-refractivity contribution >= 4 is 0 Å². The molecular weight excluding hydrogens is 689 g/mol. The minimum Gasteiger partial charge on any atom is -0.494 e. The fourth-order valence-corrected chi connectivity index (χ4v) is 6.60. The van der Waals surface area contributed by atoms with Gasteiger partial charge in [-0.3, -0.25) is 0 Å². The predicted molar refractivity (Wildman–Crippen MR) is 233 cm³/mol. The highest BCUT2D eigenvalue weighted by atomic mass is 16.7. The monoisotopic (exact) mass is 783 g/mol. The van der Waals surface area contributed by atoms with Gasteiger partial charge in [-0.25, -0.2) is 0 Å². The van der Waals surface area contributed by atoms with Gasteiger partial charge in [0.25, 0.3) is 0 Å². The first-order valence-corrected chi connectivity index (χ1v) is 23.9. The molecule has 0 saturated carbocycles. The second-order valence-electron chi connectivity index (χ2n) is 15.5. The van der Waals surface area contributed by atoms with Crippen molar-refractivity contribution in [2.75, 3.05) is 40.0 Å². The zero-order valence-corrected chi connectivity index (χ0v) is 38.1. The van der Waals surface area contributed by atoms with Crippen molar-refractivity contribution in [2.45, 2.75) is 247 Å². The Balaban J connectivity index is 6.20. The minimum atomic E-state index is -0.213. The molecule has 0 aromatic heterocycles. The van der Waals surface area contributed by atoms with Crippen LogP contribution in [0.4, 0.5) is 0 Å². The Morgan fingerprint density at radius 1 is 0.327 bits per heavy atom. The highest BCUT2D eigenvalue weighted by molar-refractivity contribution is 5.09. The smallest absolute Gasteiger partial charge is 0.162 e. The van der Waals surface area contributed by atoms with Crippen molar-refractivity contribution in [3.63, 3.8) is 0 Å². The molecule has 2 atom stereocenters. The molecule has 0 aromatic rings. The molecule has 7 nitrogen and oxygen atoms in total. The second kappa shape index (κ2) is 42.2. The summed E-state index contributed by atoms with van der Waals surface area (Å²) >= 11 is 0. The Morgan fingerprint density at radius 3 is 0.964 bits per heavy atom. The Morgan fingerprint density at radius 2 is 0.636 bits per heavy atom. The Labute approximate surface area is 342 Å². The van der Waals surface area contributed by atoms with E-state index in [1.807, 2.05) is 0 Å². The first kappa shape index (κ1) is 53.6. The van der Waals surface area contributed by atoms with Gasteiger partial charge in [-0.05, 0) is 51.4 Å². The van der Waals surface area contributed by atoms with Crippen LogP contribution in [0.2, 0.25) is 0 Å². The summed E-state index contributed by atoms with van der Waals surface area (Å²) in [7, 11) is 0. The van der Waals surface area contributed by atoms with Crippen LogP contribution in [0.3, 0.4) is 0 Å². The lowest BCUT2D eigenvalue weighted by Gasteiger charge is -2.26. The average Bonchev–Trinajstić information content (AvgIpc) is 3.19. The van der Waals surface area contributed by atoms with Crippen LogP contribution in [0.25, 0.3) is 0 Å². The van der Waals surface area contributed by atoms with Crippen LogP contribution in [-0.2, 0) is 33.2 Å². The van der Waals surface area contributed by atoms with E-state index in [0.29, 0.717) is 13.2 Å². The summed E-state index contributed by atoms with van der Waals surface area (Å²) in [5.41, 5.74) is 0. The molecule has 0 aliphatic rings. The Kier molecular flexibility index (Phi) is 41.1. The van der Waals surface area contributed by atoms with Crippen LogP contribution in [-0.4, -0.2) is 52.2 Å². The molecule has 0 saturated heterocycles. The Bertz CT molecular complexity index is 789. The topological polar surface area (TPSA) is 64.6 Å². The van der Waals surface area contributed by atoms with E-state index in [9.17, 15) is 0 Å². The first-order chi connectivity index (χ1) is 27.1. The normalized spacial score (nSPS) is 13.7. The van der Waals surface area contributed by atoms with Gasteiger partial charge in [0.1, 0.15) is 23.7 Å². The van der Waals surface area contributed by atoms with E-state index in [-0.39, 0.29) is 25.8 Å². The van der Waals surface area contributed by atoms with Crippen LogP contribution in [0.15, 0.2) is 23.0 Å². The quantitative estimate of drug-likeness (QED) is 0.0346. The van der Waals surface area contributed by atoms with Crippen molar-refractivity contribution in [1.82, 2.24) is 0 Å². The molecular formula is C48H94O7. The summed E-state index contributed by atoms with van der Waals surface area (Å²) in [5.74, 6) is 3.69. The minimum absolute atomic E-state index is 0.131. The van der Waals surface area contributed by atoms with Gasteiger partial charge in [0, 0.05) is 12.8 Å². The molecule has 328 valence electrons. The van der Waals surface area contributed by atoms with E-state index in [1.165, 1.54) is 77.0 Å².